The van der Waals surface area contributed by atoms with Gasteiger partial charge in [0.05, 0.1) is 0 Å². The average Bonchev–Trinajstić information content (AvgIpc) is 2.28. The summed E-state index contributed by atoms with van der Waals surface area (Å²) in [6, 6.07) is 0. The maximum absolute atomic E-state index is 5.04. The van der Waals surface area contributed by atoms with Crippen molar-refractivity contribution in [3.8, 4) is 0 Å². The minimum absolute atomic E-state index is 0.938. The molecular formula is C15H32O. The Morgan fingerprint density at radius 1 is 0.812 bits per heavy atom. The summed E-state index contributed by atoms with van der Waals surface area (Å²) in [5.41, 5.74) is 0. The summed E-state index contributed by atoms with van der Waals surface area (Å²) in [5, 5.41) is 0. The van der Waals surface area contributed by atoms with Gasteiger partial charge in [0.2, 0.25) is 0 Å². The number of ether oxygens (including phenoxy) is 1. The van der Waals surface area contributed by atoms with Gasteiger partial charge < -0.3 is 4.74 Å². The number of hydrogen-bond acceptors (Lipinski definition) is 1. The van der Waals surface area contributed by atoms with Gasteiger partial charge in [-0.2, -0.15) is 0 Å². The molecule has 0 N–H and O–H groups in total. The van der Waals surface area contributed by atoms with Gasteiger partial charge in [0.15, 0.2) is 0 Å². The van der Waals surface area contributed by atoms with Crippen molar-refractivity contribution >= 4 is 0 Å². The quantitative estimate of drug-likeness (QED) is 0.418. The largest absolute Gasteiger partial charge is 0.385 e. The second-order valence-corrected chi connectivity index (χ2v) is 5.15. The maximum Gasteiger partial charge on any atom is 0.0462 e. The Morgan fingerprint density at radius 3 is 2.00 bits per heavy atom. The van der Waals surface area contributed by atoms with E-state index in [1.165, 1.54) is 64.2 Å². The summed E-state index contributed by atoms with van der Waals surface area (Å²) in [5.74, 6) is 0.950. The maximum atomic E-state index is 5.04. The van der Waals surface area contributed by atoms with Crippen LogP contribution in [0.1, 0.15) is 78.1 Å². The Labute approximate surface area is 103 Å². The van der Waals surface area contributed by atoms with Gasteiger partial charge in [-0.05, 0) is 12.3 Å². The lowest BCUT2D eigenvalue weighted by Crippen LogP contribution is -1.95. The first kappa shape index (κ1) is 16.0. The molecule has 1 nitrogen and oxygen atoms in total. The number of unbranched alkanes of at least 4 members (excludes halogenated alkanes) is 6. The highest BCUT2D eigenvalue weighted by atomic mass is 16.5. The van der Waals surface area contributed by atoms with E-state index < -0.39 is 0 Å². The standard InChI is InChI=1S/C15H32O/c1-4-5-9-12-15(2)13-10-7-6-8-11-14-16-3/h15H,4-14H2,1-3H3. The van der Waals surface area contributed by atoms with Crippen LogP contribution in [0.4, 0.5) is 0 Å². The predicted octanol–water partition coefficient (Wildman–Crippen LogP) is 5.19. The van der Waals surface area contributed by atoms with Crippen LogP contribution in [-0.4, -0.2) is 13.7 Å². The Kier molecular flexibility index (Phi) is 13.0. The molecule has 1 unspecified atom stereocenters. The van der Waals surface area contributed by atoms with E-state index >= 15 is 0 Å². The molecule has 0 aromatic carbocycles. The van der Waals surface area contributed by atoms with Crippen LogP contribution in [0.15, 0.2) is 0 Å². The molecule has 0 aromatic rings. The van der Waals surface area contributed by atoms with Crippen LogP contribution in [0.5, 0.6) is 0 Å². The van der Waals surface area contributed by atoms with Gasteiger partial charge in [-0.3, -0.25) is 0 Å². The molecule has 0 heterocycles. The predicted molar refractivity (Wildman–Crippen MR) is 72.9 cm³/mol. The van der Waals surface area contributed by atoms with Crippen LogP contribution >= 0.6 is 0 Å². The first-order chi connectivity index (χ1) is 7.81. The van der Waals surface area contributed by atoms with Gasteiger partial charge in [0, 0.05) is 13.7 Å². The third-order valence-electron chi connectivity index (χ3n) is 3.35. The summed E-state index contributed by atoms with van der Waals surface area (Å²) in [7, 11) is 1.79. The number of methoxy groups -OCH3 is 1. The molecular weight excluding hydrogens is 196 g/mol. The van der Waals surface area contributed by atoms with E-state index in [4.69, 9.17) is 4.74 Å². The van der Waals surface area contributed by atoms with Crippen LogP contribution in [0.3, 0.4) is 0 Å². The zero-order chi connectivity index (χ0) is 12.1. The second-order valence-electron chi connectivity index (χ2n) is 5.15. The second kappa shape index (κ2) is 13.0. The van der Waals surface area contributed by atoms with Crippen molar-refractivity contribution in [2.75, 3.05) is 13.7 Å². The van der Waals surface area contributed by atoms with Crippen LogP contribution in [0, 0.1) is 5.92 Å². The highest BCUT2D eigenvalue weighted by Gasteiger charge is 2.01. The van der Waals surface area contributed by atoms with E-state index in [0.29, 0.717) is 0 Å². The molecule has 0 saturated heterocycles. The molecule has 0 aliphatic heterocycles. The lowest BCUT2D eigenvalue weighted by molar-refractivity contribution is 0.192. The highest BCUT2D eigenvalue weighted by molar-refractivity contribution is 4.54. The number of hydrogen-bond donors (Lipinski definition) is 0. The fourth-order valence-electron chi connectivity index (χ4n) is 2.16. The van der Waals surface area contributed by atoms with Gasteiger partial charge >= 0.3 is 0 Å². The molecule has 0 aliphatic carbocycles. The summed E-state index contributed by atoms with van der Waals surface area (Å²) in [6.07, 6.45) is 13.9. The summed E-state index contributed by atoms with van der Waals surface area (Å²) in [4.78, 5) is 0. The SMILES string of the molecule is CCCCCC(C)CCCCCCCOC. The van der Waals surface area contributed by atoms with Crippen molar-refractivity contribution in [2.45, 2.75) is 78.1 Å². The molecule has 1 atom stereocenters. The van der Waals surface area contributed by atoms with E-state index in [9.17, 15) is 0 Å². The molecule has 0 saturated carbocycles. The zero-order valence-corrected chi connectivity index (χ0v) is 11.8. The summed E-state index contributed by atoms with van der Waals surface area (Å²) >= 11 is 0. The monoisotopic (exact) mass is 228 g/mol. The molecule has 1 heteroatoms. The number of rotatable bonds is 12. The molecule has 0 aliphatic rings. The minimum Gasteiger partial charge on any atom is -0.385 e. The van der Waals surface area contributed by atoms with E-state index in [0.717, 1.165) is 12.5 Å². The highest BCUT2D eigenvalue weighted by Crippen LogP contribution is 2.17. The van der Waals surface area contributed by atoms with Crippen molar-refractivity contribution < 1.29 is 4.74 Å². The molecule has 0 fully saturated rings. The minimum atomic E-state index is 0.938. The normalized spacial score (nSPS) is 12.9. The summed E-state index contributed by atoms with van der Waals surface area (Å²) in [6.45, 7) is 5.64. The van der Waals surface area contributed by atoms with E-state index in [2.05, 4.69) is 13.8 Å². The third kappa shape index (κ3) is 12.0. The van der Waals surface area contributed by atoms with Crippen molar-refractivity contribution in [3.63, 3.8) is 0 Å². The van der Waals surface area contributed by atoms with Crippen LogP contribution in [0.25, 0.3) is 0 Å². The Balaban J connectivity index is 3.06. The van der Waals surface area contributed by atoms with Crippen molar-refractivity contribution in [1.82, 2.24) is 0 Å². The molecule has 0 bridgehead atoms. The molecule has 16 heavy (non-hydrogen) atoms. The van der Waals surface area contributed by atoms with Crippen molar-refractivity contribution in [3.05, 3.63) is 0 Å². The van der Waals surface area contributed by atoms with Crippen LogP contribution in [-0.2, 0) is 4.74 Å². The first-order valence-corrected chi connectivity index (χ1v) is 7.30. The van der Waals surface area contributed by atoms with Crippen LogP contribution in [0.2, 0.25) is 0 Å². The van der Waals surface area contributed by atoms with Gasteiger partial charge in [-0.25, -0.2) is 0 Å². The Hall–Kier alpha value is -0.0400. The molecule has 98 valence electrons. The van der Waals surface area contributed by atoms with Gasteiger partial charge in [0.25, 0.3) is 0 Å². The lowest BCUT2D eigenvalue weighted by Gasteiger charge is -2.10. The molecule has 0 spiro atoms. The van der Waals surface area contributed by atoms with Crippen molar-refractivity contribution in [1.29, 1.82) is 0 Å². The Morgan fingerprint density at radius 2 is 1.38 bits per heavy atom. The molecule has 0 radical (unpaired) electrons. The average molecular weight is 228 g/mol. The third-order valence-corrected chi connectivity index (χ3v) is 3.35. The van der Waals surface area contributed by atoms with Crippen molar-refractivity contribution in [2.24, 2.45) is 5.92 Å². The van der Waals surface area contributed by atoms with Gasteiger partial charge in [-0.15, -0.1) is 0 Å². The van der Waals surface area contributed by atoms with Gasteiger partial charge in [0.1, 0.15) is 0 Å². The lowest BCUT2D eigenvalue weighted by atomic mass is 9.96. The molecule has 0 rings (SSSR count). The Bertz CT molecular complexity index is 123. The smallest absolute Gasteiger partial charge is 0.0462 e. The van der Waals surface area contributed by atoms with E-state index in [1.807, 2.05) is 0 Å². The van der Waals surface area contributed by atoms with Gasteiger partial charge in [-0.1, -0.05) is 71.6 Å². The first-order valence-electron chi connectivity index (χ1n) is 7.30. The summed E-state index contributed by atoms with van der Waals surface area (Å²) < 4.78 is 5.04. The molecule has 0 amide bonds. The fourth-order valence-corrected chi connectivity index (χ4v) is 2.16. The fraction of sp³-hybridized carbons (Fsp3) is 1.00. The van der Waals surface area contributed by atoms with E-state index in [1.54, 1.807) is 7.11 Å². The zero-order valence-electron chi connectivity index (χ0n) is 11.8. The molecule has 0 aromatic heterocycles. The van der Waals surface area contributed by atoms with E-state index in [-0.39, 0.29) is 0 Å². The topological polar surface area (TPSA) is 9.23 Å². The van der Waals surface area contributed by atoms with Crippen LogP contribution < -0.4 is 0 Å².